The van der Waals surface area contributed by atoms with Crippen LogP contribution in [0.15, 0.2) is 0 Å². The van der Waals surface area contributed by atoms with E-state index >= 15 is 0 Å². The van der Waals surface area contributed by atoms with Crippen LogP contribution in [0.2, 0.25) is 0 Å². The van der Waals surface area contributed by atoms with Crippen LogP contribution in [0.4, 0.5) is 0 Å². The molecule has 10 heavy (non-hydrogen) atoms. The van der Waals surface area contributed by atoms with E-state index in [1.165, 1.54) is 6.92 Å². The molecular formula is C2H13NaO6S. The van der Waals surface area contributed by atoms with Gasteiger partial charge in [0.15, 0.2) is 0 Å². The van der Waals surface area contributed by atoms with E-state index in [0.29, 0.717) is 0 Å². The van der Waals surface area contributed by atoms with Gasteiger partial charge in [0.2, 0.25) is 0 Å². The van der Waals surface area contributed by atoms with Crippen LogP contribution >= 0.6 is 12.2 Å². The number of rotatable bonds is 0. The first kappa shape index (κ1) is 73.7. The molecule has 0 rings (SSSR count). The van der Waals surface area contributed by atoms with Crippen molar-refractivity contribution < 1.29 is 62.0 Å². The third-order valence-corrected chi connectivity index (χ3v) is 0. The van der Waals surface area contributed by atoms with Crippen LogP contribution in [0.25, 0.3) is 0 Å². The van der Waals surface area contributed by atoms with E-state index in [0.717, 1.165) is 0 Å². The normalized spacial score (nSPS) is 2.50. The molecule has 0 amide bonds. The molecule has 0 fully saturated rings. The van der Waals surface area contributed by atoms with Crippen LogP contribution in [0, 0.1) is 0 Å². The minimum absolute atomic E-state index is 0. The SMILES string of the molecule is CC([O-])=S.O.O.O.O.O.[Na+]. The van der Waals surface area contributed by atoms with Gasteiger partial charge in [0.05, 0.1) is 0 Å². The van der Waals surface area contributed by atoms with Gasteiger partial charge in [-0.2, -0.15) is 0 Å². The predicted octanol–water partition coefficient (Wildman–Crippen LogP) is -7.43. The van der Waals surface area contributed by atoms with Gasteiger partial charge in [-0.3, -0.25) is 0 Å². The molecule has 0 aliphatic heterocycles. The molecule has 0 saturated heterocycles. The fourth-order valence-electron chi connectivity index (χ4n) is 0. The number of hydrogen-bond acceptors (Lipinski definition) is 2. The van der Waals surface area contributed by atoms with Gasteiger partial charge in [-0.25, -0.2) is 0 Å². The van der Waals surface area contributed by atoms with Gasteiger partial charge in [0.25, 0.3) is 0 Å². The summed E-state index contributed by atoms with van der Waals surface area (Å²) in [6.07, 6.45) is 0. The molecule has 6 nitrogen and oxygen atoms in total. The number of thiocarbonyl (C=S) groups is 1. The van der Waals surface area contributed by atoms with Gasteiger partial charge in [-0.05, 0) is 6.92 Å². The molecule has 0 bridgehead atoms. The molecule has 64 valence electrons. The number of hydrogen-bond donors (Lipinski definition) is 0. The Morgan fingerprint density at radius 3 is 1.00 bits per heavy atom. The predicted molar refractivity (Wildman–Crippen MR) is 36.3 cm³/mol. The molecule has 0 aromatic rings. The van der Waals surface area contributed by atoms with Crippen molar-refractivity contribution in [1.82, 2.24) is 0 Å². The van der Waals surface area contributed by atoms with Gasteiger partial charge in [0.1, 0.15) is 0 Å². The Labute approximate surface area is 86.1 Å². The van der Waals surface area contributed by atoms with Crippen molar-refractivity contribution >= 4 is 17.3 Å². The summed E-state index contributed by atoms with van der Waals surface area (Å²) >= 11 is 3.98. The summed E-state index contributed by atoms with van der Waals surface area (Å²) < 4.78 is 0. The second kappa shape index (κ2) is 53.7. The van der Waals surface area contributed by atoms with Crippen molar-refractivity contribution in [3.63, 3.8) is 0 Å². The average molecular weight is 188 g/mol. The summed E-state index contributed by atoms with van der Waals surface area (Å²) in [6.45, 7) is 1.34. The fraction of sp³-hybridized carbons (Fsp3) is 0.500. The first-order valence-electron chi connectivity index (χ1n) is 0.908. The van der Waals surface area contributed by atoms with E-state index in [-0.39, 0.29) is 62.0 Å². The topological polar surface area (TPSA) is 181 Å². The fourth-order valence-corrected chi connectivity index (χ4v) is 0. The zero-order chi connectivity index (χ0) is 3.58. The summed E-state index contributed by atoms with van der Waals surface area (Å²) in [5, 5.41) is 9.01. The summed E-state index contributed by atoms with van der Waals surface area (Å²) in [7, 11) is 0. The van der Waals surface area contributed by atoms with Crippen molar-refractivity contribution in [3.05, 3.63) is 0 Å². The molecule has 0 spiro atoms. The molecule has 10 N–H and O–H groups in total. The maximum atomic E-state index is 9.26. The molecule has 0 aliphatic carbocycles. The van der Waals surface area contributed by atoms with Crippen molar-refractivity contribution in [1.29, 1.82) is 0 Å². The quantitative estimate of drug-likeness (QED) is 0.270. The molecule has 0 radical (unpaired) electrons. The van der Waals surface area contributed by atoms with Crippen molar-refractivity contribution in [2.45, 2.75) is 6.92 Å². The summed E-state index contributed by atoms with van der Waals surface area (Å²) in [5.41, 5.74) is 0. The van der Waals surface area contributed by atoms with E-state index in [1.54, 1.807) is 0 Å². The Hall–Kier alpha value is 0.690. The second-order valence-electron chi connectivity index (χ2n) is 0.492. The first-order valence-corrected chi connectivity index (χ1v) is 1.32. The van der Waals surface area contributed by atoms with Crippen LogP contribution in [0.5, 0.6) is 0 Å². The van der Waals surface area contributed by atoms with Gasteiger partial charge in [-0.1, -0.05) is 5.05 Å². The molecule has 0 atom stereocenters. The van der Waals surface area contributed by atoms with Crippen LogP contribution in [-0.2, 0) is 0 Å². The Balaban J connectivity index is -0.00000000300. The van der Waals surface area contributed by atoms with Crippen LogP contribution in [0.3, 0.4) is 0 Å². The molecule has 0 saturated carbocycles. The molecule has 0 aromatic heterocycles. The minimum Gasteiger partial charge on any atom is -0.868 e. The summed E-state index contributed by atoms with van der Waals surface area (Å²) in [5.74, 6) is 0. The van der Waals surface area contributed by atoms with E-state index in [1.807, 2.05) is 0 Å². The zero-order valence-corrected chi connectivity index (χ0v) is 8.63. The van der Waals surface area contributed by atoms with Gasteiger partial charge in [0, 0.05) is 0 Å². The zero-order valence-electron chi connectivity index (χ0n) is 5.82. The Kier molecular flexibility index (Phi) is 396. The first-order chi connectivity index (χ1) is 1.73. The van der Waals surface area contributed by atoms with E-state index in [2.05, 4.69) is 12.2 Å². The van der Waals surface area contributed by atoms with Crippen molar-refractivity contribution in [2.24, 2.45) is 0 Å². The van der Waals surface area contributed by atoms with E-state index in [9.17, 15) is 5.11 Å². The van der Waals surface area contributed by atoms with Crippen LogP contribution in [-0.4, -0.2) is 32.4 Å². The standard InChI is InChI=1S/C2H4OS.Na.5H2O/c1-2(3)4;;;;;;/h1H3,(H,3,4);;5*1H2/q;+1;;;;;/p-1. The maximum absolute atomic E-state index is 9.26. The summed E-state index contributed by atoms with van der Waals surface area (Å²) in [4.78, 5) is 0. The van der Waals surface area contributed by atoms with E-state index < -0.39 is 0 Å². The second-order valence-corrected chi connectivity index (χ2v) is 1.07. The smallest absolute Gasteiger partial charge is 0.868 e. The van der Waals surface area contributed by atoms with Crippen LogP contribution < -0.4 is 34.7 Å². The molecule has 0 unspecified atom stereocenters. The minimum atomic E-state index is -0.250. The molecule has 8 heteroatoms. The monoisotopic (exact) mass is 188 g/mol. The Morgan fingerprint density at radius 1 is 1.00 bits per heavy atom. The molecule has 0 aromatic carbocycles. The van der Waals surface area contributed by atoms with Gasteiger partial charge < -0.3 is 32.5 Å². The Morgan fingerprint density at radius 2 is 1.00 bits per heavy atom. The Bertz CT molecular complexity index is 38.7. The maximum Gasteiger partial charge on any atom is 1.00 e. The molecule has 0 aliphatic rings. The summed E-state index contributed by atoms with van der Waals surface area (Å²) in [6, 6.07) is 0. The largest absolute Gasteiger partial charge is 1.00 e. The van der Waals surface area contributed by atoms with Gasteiger partial charge >= 0.3 is 29.6 Å². The molecular weight excluding hydrogens is 175 g/mol. The van der Waals surface area contributed by atoms with Crippen LogP contribution in [0.1, 0.15) is 6.92 Å². The third kappa shape index (κ3) is 1080. The van der Waals surface area contributed by atoms with Gasteiger partial charge in [-0.15, -0.1) is 12.2 Å². The van der Waals surface area contributed by atoms with E-state index in [4.69, 9.17) is 0 Å². The van der Waals surface area contributed by atoms with Crippen molar-refractivity contribution in [3.8, 4) is 0 Å². The van der Waals surface area contributed by atoms with Crippen molar-refractivity contribution in [2.75, 3.05) is 0 Å². The molecule has 0 heterocycles. The average Bonchev–Trinajstić information content (AvgIpc) is 0.811. The third-order valence-electron chi connectivity index (χ3n) is 0.